The largest absolute Gasteiger partial charge is 0.361 e. The normalized spacial score (nSPS) is 15.2. The number of nitrogens with zero attached hydrogens (tertiary/aromatic N) is 2. The molecule has 0 spiro atoms. The van der Waals surface area contributed by atoms with E-state index in [0.29, 0.717) is 5.69 Å². The summed E-state index contributed by atoms with van der Waals surface area (Å²) in [4.78, 5) is 15.1. The molecule has 25 heavy (non-hydrogen) atoms. The quantitative estimate of drug-likeness (QED) is 0.610. The highest BCUT2D eigenvalue weighted by Gasteiger charge is 2.33. The lowest BCUT2D eigenvalue weighted by Crippen LogP contribution is -2.50. The van der Waals surface area contributed by atoms with E-state index in [2.05, 4.69) is 50.0 Å². The molecule has 5 heteroatoms. The van der Waals surface area contributed by atoms with E-state index in [-0.39, 0.29) is 17.4 Å². The van der Waals surface area contributed by atoms with Crippen LogP contribution < -0.4 is 5.32 Å². The maximum absolute atomic E-state index is 12.5. The number of hydrogen-bond acceptors (Lipinski definition) is 4. The molecule has 0 aromatic carbocycles. The smallest absolute Gasteiger partial charge is 0.273 e. The van der Waals surface area contributed by atoms with Gasteiger partial charge in [-0.2, -0.15) is 0 Å². The summed E-state index contributed by atoms with van der Waals surface area (Å²) in [7, 11) is 0. The third-order valence-electron chi connectivity index (χ3n) is 5.02. The summed E-state index contributed by atoms with van der Waals surface area (Å²) in [5.74, 6) is 0.599. The highest BCUT2D eigenvalue weighted by atomic mass is 16.5. The Hall–Kier alpha value is -1.36. The summed E-state index contributed by atoms with van der Waals surface area (Å²) in [5.41, 5.74) is 0.410. The van der Waals surface area contributed by atoms with Crippen molar-refractivity contribution in [2.75, 3.05) is 19.6 Å². The molecule has 1 N–H and O–H groups in total. The van der Waals surface area contributed by atoms with Crippen LogP contribution >= 0.6 is 0 Å². The van der Waals surface area contributed by atoms with Gasteiger partial charge in [-0.15, -0.1) is 0 Å². The number of amides is 1. The minimum Gasteiger partial charge on any atom is -0.361 e. The van der Waals surface area contributed by atoms with Crippen LogP contribution in [0.4, 0.5) is 0 Å². The highest BCUT2D eigenvalue weighted by Crippen LogP contribution is 2.29. The Morgan fingerprint density at radius 1 is 1.24 bits per heavy atom. The van der Waals surface area contributed by atoms with Gasteiger partial charge in [-0.05, 0) is 39.3 Å². The van der Waals surface area contributed by atoms with Crippen molar-refractivity contribution in [3.8, 4) is 0 Å². The average Bonchev–Trinajstić information content (AvgIpc) is 3.04. The van der Waals surface area contributed by atoms with Gasteiger partial charge in [-0.1, -0.05) is 46.2 Å². The van der Waals surface area contributed by atoms with Crippen LogP contribution in [0.1, 0.15) is 83.5 Å². The van der Waals surface area contributed by atoms with Crippen molar-refractivity contribution in [2.24, 2.45) is 5.41 Å². The van der Waals surface area contributed by atoms with Gasteiger partial charge in [-0.25, -0.2) is 0 Å². The number of aromatic nitrogens is 1. The number of hydrogen-bond donors (Lipinski definition) is 1. The summed E-state index contributed by atoms with van der Waals surface area (Å²) in [6.07, 6.45) is 5.24. The fourth-order valence-corrected chi connectivity index (χ4v) is 3.45. The Morgan fingerprint density at radius 2 is 1.88 bits per heavy atom. The Balaban J connectivity index is 2.81. The van der Waals surface area contributed by atoms with Crippen LogP contribution in [0.2, 0.25) is 0 Å². The SMILES string of the molecule is CCCN(CCC)CC(C)(CCC)C(C)NC(=O)c1cc(CC)on1. The first-order valence-corrected chi connectivity index (χ1v) is 9.88. The zero-order valence-electron chi connectivity index (χ0n) is 17.0. The third kappa shape index (κ3) is 6.46. The van der Waals surface area contributed by atoms with Gasteiger partial charge >= 0.3 is 0 Å². The zero-order chi connectivity index (χ0) is 18.9. The van der Waals surface area contributed by atoms with Gasteiger partial charge in [0.15, 0.2) is 5.69 Å². The predicted molar refractivity (Wildman–Crippen MR) is 103 cm³/mol. The predicted octanol–water partition coefficient (Wildman–Crippen LogP) is 4.28. The molecule has 0 aliphatic heterocycles. The molecule has 5 nitrogen and oxygen atoms in total. The maximum atomic E-state index is 12.5. The Morgan fingerprint density at radius 3 is 2.36 bits per heavy atom. The molecule has 0 saturated heterocycles. The first-order valence-electron chi connectivity index (χ1n) is 9.88. The molecule has 0 saturated carbocycles. The van der Waals surface area contributed by atoms with E-state index < -0.39 is 0 Å². The third-order valence-corrected chi connectivity index (χ3v) is 5.02. The van der Waals surface area contributed by atoms with Crippen LogP contribution in [-0.2, 0) is 6.42 Å². The topological polar surface area (TPSA) is 58.4 Å². The molecule has 1 aromatic heterocycles. The van der Waals surface area contributed by atoms with Crippen molar-refractivity contribution in [1.82, 2.24) is 15.4 Å². The molecule has 2 atom stereocenters. The van der Waals surface area contributed by atoms with Gasteiger partial charge in [-0.3, -0.25) is 4.79 Å². The average molecular weight is 352 g/mol. The van der Waals surface area contributed by atoms with Crippen molar-refractivity contribution < 1.29 is 9.32 Å². The number of carbonyl (C=O) groups is 1. The number of rotatable bonds is 12. The second-order valence-electron chi connectivity index (χ2n) is 7.41. The number of carbonyl (C=O) groups excluding carboxylic acids is 1. The lowest BCUT2D eigenvalue weighted by atomic mass is 9.78. The molecule has 0 bridgehead atoms. The standard InChI is InChI=1S/C20H37N3O2/c1-7-11-20(6,15-23(12-8-2)13-9-3)16(5)21-19(24)18-14-17(10-4)25-22-18/h14,16H,7-13,15H2,1-6H3,(H,21,24). The maximum Gasteiger partial charge on any atom is 0.273 e. The molecule has 1 amide bonds. The van der Waals surface area contributed by atoms with E-state index in [4.69, 9.17) is 4.52 Å². The molecular formula is C20H37N3O2. The molecule has 0 aliphatic rings. The molecule has 0 fully saturated rings. The van der Waals surface area contributed by atoms with E-state index in [1.807, 2.05) is 6.92 Å². The number of nitrogens with one attached hydrogen (secondary N) is 1. The second kappa shape index (κ2) is 10.6. The van der Waals surface area contributed by atoms with Crippen molar-refractivity contribution in [3.63, 3.8) is 0 Å². The fourth-order valence-electron chi connectivity index (χ4n) is 3.45. The van der Waals surface area contributed by atoms with E-state index >= 15 is 0 Å². The van der Waals surface area contributed by atoms with Gasteiger partial charge in [0.1, 0.15) is 5.76 Å². The molecule has 2 unspecified atom stereocenters. The molecule has 1 heterocycles. The van der Waals surface area contributed by atoms with Crippen LogP contribution in [0, 0.1) is 5.41 Å². The highest BCUT2D eigenvalue weighted by molar-refractivity contribution is 5.92. The zero-order valence-corrected chi connectivity index (χ0v) is 17.0. The van der Waals surface area contributed by atoms with Gasteiger partial charge in [0.25, 0.3) is 5.91 Å². The van der Waals surface area contributed by atoms with Crippen LogP contribution in [-0.4, -0.2) is 41.6 Å². The minimum absolute atomic E-state index is 0.0338. The second-order valence-corrected chi connectivity index (χ2v) is 7.41. The minimum atomic E-state index is -0.143. The molecular weight excluding hydrogens is 314 g/mol. The van der Waals surface area contributed by atoms with Gasteiger partial charge in [0, 0.05) is 30.5 Å². The first-order chi connectivity index (χ1) is 11.9. The van der Waals surface area contributed by atoms with Crippen molar-refractivity contribution in [2.45, 2.75) is 79.7 Å². The molecule has 0 aliphatic carbocycles. The Bertz CT molecular complexity index is 509. The first kappa shape index (κ1) is 21.7. The number of aryl methyl sites for hydroxylation is 1. The van der Waals surface area contributed by atoms with Crippen molar-refractivity contribution >= 4 is 5.91 Å². The van der Waals surface area contributed by atoms with Crippen LogP contribution in [0.15, 0.2) is 10.6 Å². The van der Waals surface area contributed by atoms with Crippen molar-refractivity contribution in [3.05, 3.63) is 17.5 Å². The summed E-state index contributed by atoms with van der Waals surface area (Å²) in [6, 6.07) is 1.80. The van der Waals surface area contributed by atoms with E-state index in [1.165, 1.54) is 0 Å². The van der Waals surface area contributed by atoms with E-state index in [0.717, 1.165) is 57.5 Å². The monoisotopic (exact) mass is 351 g/mol. The van der Waals surface area contributed by atoms with Crippen molar-refractivity contribution in [1.29, 1.82) is 0 Å². The van der Waals surface area contributed by atoms with E-state index in [1.54, 1.807) is 6.07 Å². The van der Waals surface area contributed by atoms with Crippen LogP contribution in [0.25, 0.3) is 0 Å². The van der Waals surface area contributed by atoms with Gasteiger partial charge in [0.05, 0.1) is 0 Å². The van der Waals surface area contributed by atoms with E-state index in [9.17, 15) is 4.79 Å². The summed E-state index contributed by atoms with van der Waals surface area (Å²) in [5, 5.41) is 7.05. The summed E-state index contributed by atoms with van der Waals surface area (Å²) < 4.78 is 5.16. The van der Waals surface area contributed by atoms with Crippen LogP contribution in [0.3, 0.4) is 0 Å². The lowest BCUT2D eigenvalue weighted by molar-refractivity contribution is 0.0807. The van der Waals surface area contributed by atoms with Gasteiger partial charge < -0.3 is 14.7 Å². The Labute approximate surface area is 153 Å². The van der Waals surface area contributed by atoms with Gasteiger partial charge in [0.2, 0.25) is 0 Å². The molecule has 144 valence electrons. The Kier molecular flexibility index (Phi) is 9.19. The summed E-state index contributed by atoms with van der Waals surface area (Å²) >= 11 is 0. The molecule has 0 radical (unpaired) electrons. The lowest BCUT2D eigenvalue weighted by Gasteiger charge is -2.40. The molecule has 1 aromatic rings. The molecule has 1 rings (SSSR count). The summed E-state index contributed by atoms with van der Waals surface area (Å²) in [6.45, 7) is 16.3. The van der Waals surface area contributed by atoms with Crippen LogP contribution in [0.5, 0.6) is 0 Å². The fraction of sp³-hybridized carbons (Fsp3) is 0.800.